The number of rotatable bonds is 17. The third-order valence-electron chi connectivity index (χ3n) is 8.48. The van der Waals surface area contributed by atoms with Gasteiger partial charge in [-0.3, -0.25) is 9.79 Å². The molecule has 1 aromatic rings. The van der Waals surface area contributed by atoms with E-state index >= 15 is 0 Å². The van der Waals surface area contributed by atoms with Gasteiger partial charge in [-0.1, -0.05) is 77.1 Å². The van der Waals surface area contributed by atoms with E-state index in [1.807, 2.05) is 0 Å². The van der Waals surface area contributed by atoms with Crippen LogP contribution in [0.4, 0.5) is 15.9 Å². The molecule has 0 aliphatic carbocycles. The summed E-state index contributed by atoms with van der Waals surface area (Å²) in [5.41, 5.74) is -0.351. The number of anilines is 1. The monoisotopic (exact) mass is 572 g/mol. The average molecular weight is 573 g/mol. The van der Waals surface area contributed by atoms with E-state index in [2.05, 4.69) is 33.1 Å². The van der Waals surface area contributed by atoms with E-state index in [1.165, 1.54) is 51.4 Å². The van der Waals surface area contributed by atoms with Crippen molar-refractivity contribution in [1.29, 1.82) is 0 Å². The Balaban J connectivity index is 1.47. The van der Waals surface area contributed by atoms with Crippen LogP contribution in [0.25, 0.3) is 0 Å². The van der Waals surface area contributed by atoms with Crippen molar-refractivity contribution < 1.29 is 24.1 Å². The molecule has 5 atom stereocenters. The number of aliphatic hydroxyl groups excluding tert-OH is 2. The van der Waals surface area contributed by atoms with Crippen LogP contribution in [-0.2, 0) is 16.0 Å². The van der Waals surface area contributed by atoms with E-state index in [9.17, 15) is 19.4 Å². The highest BCUT2D eigenvalue weighted by Gasteiger charge is 2.49. The Morgan fingerprint density at radius 2 is 1.83 bits per heavy atom. The van der Waals surface area contributed by atoms with Gasteiger partial charge in [0.1, 0.15) is 5.69 Å². The number of carbonyl (C=O) groups excluding carboxylic acids is 1. The van der Waals surface area contributed by atoms with Crippen molar-refractivity contribution in [2.75, 3.05) is 11.9 Å². The standard InChI is InChI=1S/C32H49FN4O4/c1-4-6-7-8-9-10-11-12-13-14-15-16-28(40)36-30-29-27(35-31(33)37-30)18-17-24(21-34-29)19-25-20-26(23(3)39)32(5-2,22-38)41-25/h2,21,23-26,38-39H,4,6-20,22H2,1,3H3,(H,35,36,37,40)/t23?,24?,25-,26+,32+/m0/s1. The summed E-state index contributed by atoms with van der Waals surface area (Å²) in [4.78, 5) is 25.0. The van der Waals surface area contributed by atoms with Crippen LogP contribution in [0.2, 0.25) is 0 Å². The molecule has 3 heterocycles. The van der Waals surface area contributed by atoms with E-state index in [1.54, 1.807) is 13.1 Å². The first-order chi connectivity index (χ1) is 19.8. The molecule has 1 amide bonds. The van der Waals surface area contributed by atoms with Crippen LogP contribution in [0.1, 0.15) is 116 Å². The van der Waals surface area contributed by atoms with Gasteiger partial charge in [0.25, 0.3) is 0 Å². The van der Waals surface area contributed by atoms with E-state index in [0.29, 0.717) is 43.5 Å². The number of hydrogen-bond donors (Lipinski definition) is 3. The fourth-order valence-corrected chi connectivity index (χ4v) is 6.08. The zero-order valence-electron chi connectivity index (χ0n) is 24.9. The lowest BCUT2D eigenvalue weighted by Crippen LogP contribution is -2.42. The van der Waals surface area contributed by atoms with Crippen LogP contribution in [0.5, 0.6) is 0 Å². The predicted molar refractivity (Wildman–Crippen MR) is 160 cm³/mol. The minimum atomic E-state index is -1.20. The lowest BCUT2D eigenvalue weighted by Gasteiger charge is -2.29. The molecule has 41 heavy (non-hydrogen) atoms. The van der Waals surface area contributed by atoms with Crippen molar-refractivity contribution in [2.24, 2.45) is 16.8 Å². The van der Waals surface area contributed by atoms with Gasteiger partial charge in [0.15, 0.2) is 11.4 Å². The molecule has 9 heteroatoms. The first kappa shape index (κ1) is 33.1. The quantitative estimate of drug-likeness (QED) is 0.119. The highest BCUT2D eigenvalue weighted by molar-refractivity contribution is 5.93. The molecule has 0 saturated carbocycles. The average Bonchev–Trinajstić information content (AvgIpc) is 3.20. The predicted octanol–water partition coefficient (Wildman–Crippen LogP) is 6.06. The smallest absolute Gasteiger partial charge is 0.310 e. The van der Waals surface area contributed by atoms with E-state index in [0.717, 1.165) is 19.3 Å². The molecule has 2 unspecified atom stereocenters. The zero-order chi connectivity index (χ0) is 29.7. The van der Waals surface area contributed by atoms with Gasteiger partial charge in [0.2, 0.25) is 5.91 Å². The molecule has 1 aromatic heterocycles. The molecular weight excluding hydrogens is 523 g/mol. The van der Waals surface area contributed by atoms with Crippen molar-refractivity contribution in [3.05, 3.63) is 11.8 Å². The number of aliphatic hydroxyl groups is 2. The van der Waals surface area contributed by atoms with E-state index in [-0.39, 0.29) is 36.3 Å². The summed E-state index contributed by atoms with van der Waals surface area (Å²) < 4.78 is 20.4. The number of nitrogens with one attached hydrogen (secondary N) is 1. The number of carbonyl (C=O) groups is 1. The minimum Gasteiger partial charge on any atom is -0.393 e. The number of ether oxygens (including phenoxy) is 1. The number of nitrogens with zero attached hydrogens (tertiary/aromatic N) is 3. The molecule has 3 N–H and O–H groups in total. The Kier molecular flexibility index (Phi) is 13.6. The first-order valence-corrected chi connectivity index (χ1v) is 15.7. The molecule has 0 bridgehead atoms. The van der Waals surface area contributed by atoms with Crippen molar-refractivity contribution >= 4 is 23.6 Å². The highest BCUT2D eigenvalue weighted by Crippen LogP contribution is 2.41. The second kappa shape index (κ2) is 16.9. The molecule has 0 aromatic carbocycles. The maximum absolute atomic E-state index is 14.3. The fourth-order valence-electron chi connectivity index (χ4n) is 6.08. The van der Waals surface area contributed by atoms with Gasteiger partial charge in [-0.25, -0.2) is 4.98 Å². The Hall–Kier alpha value is -2.41. The lowest BCUT2D eigenvalue weighted by molar-refractivity contribution is -0.116. The SMILES string of the molecule is C#C[C@]1(CO)O[C@@H](CC2C=Nc3c(nc(F)nc3NC(=O)CCCCCCCCCCCCC)CC2)C[C@@H]1C(C)O. The molecule has 1 saturated heterocycles. The summed E-state index contributed by atoms with van der Waals surface area (Å²) >= 11 is 0. The third kappa shape index (κ3) is 9.83. The third-order valence-corrected chi connectivity index (χ3v) is 8.48. The van der Waals surface area contributed by atoms with Gasteiger partial charge in [-0.15, -0.1) is 6.42 Å². The summed E-state index contributed by atoms with van der Waals surface area (Å²) in [7, 11) is 0. The number of aromatic nitrogens is 2. The Labute approximate surface area is 245 Å². The van der Waals surface area contributed by atoms with Crippen LogP contribution in [0, 0.1) is 30.3 Å². The number of unbranched alkanes of at least 4 members (excludes halogenated alkanes) is 10. The number of aryl methyl sites for hydroxylation is 1. The summed E-state index contributed by atoms with van der Waals surface area (Å²) in [6.07, 6.45) is 21.4. The van der Waals surface area contributed by atoms with Crippen LogP contribution in [0.15, 0.2) is 4.99 Å². The van der Waals surface area contributed by atoms with Gasteiger partial charge in [0.05, 0.1) is 24.5 Å². The fraction of sp³-hybridized carbons (Fsp3) is 0.750. The normalized spacial score (nSPS) is 24.4. The zero-order valence-corrected chi connectivity index (χ0v) is 24.9. The van der Waals surface area contributed by atoms with Crippen molar-refractivity contribution in [1.82, 2.24) is 9.97 Å². The Morgan fingerprint density at radius 3 is 2.41 bits per heavy atom. The van der Waals surface area contributed by atoms with Gasteiger partial charge >= 0.3 is 6.08 Å². The number of hydrogen-bond acceptors (Lipinski definition) is 7. The van der Waals surface area contributed by atoms with Crippen molar-refractivity contribution in [3.63, 3.8) is 0 Å². The number of fused-ring (bicyclic) bond motifs is 1. The summed E-state index contributed by atoms with van der Waals surface area (Å²) in [6.45, 7) is 3.53. The maximum Gasteiger partial charge on any atom is 0.310 e. The second-order valence-corrected chi connectivity index (χ2v) is 11.8. The molecular formula is C32H49FN4O4. The summed E-state index contributed by atoms with van der Waals surface area (Å²) in [6, 6.07) is 0. The maximum atomic E-state index is 14.3. The minimum absolute atomic E-state index is 0.0148. The highest BCUT2D eigenvalue weighted by atomic mass is 19.1. The van der Waals surface area contributed by atoms with Gasteiger partial charge in [0, 0.05) is 18.6 Å². The van der Waals surface area contributed by atoms with Crippen LogP contribution >= 0.6 is 0 Å². The molecule has 2 aliphatic heterocycles. The van der Waals surface area contributed by atoms with Crippen LogP contribution < -0.4 is 5.32 Å². The van der Waals surface area contributed by atoms with Crippen molar-refractivity contribution in [2.45, 2.75) is 134 Å². The Morgan fingerprint density at radius 1 is 1.17 bits per heavy atom. The molecule has 0 spiro atoms. The molecule has 1 fully saturated rings. The van der Waals surface area contributed by atoms with Gasteiger partial charge < -0.3 is 20.3 Å². The van der Waals surface area contributed by atoms with E-state index in [4.69, 9.17) is 11.2 Å². The molecule has 8 nitrogen and oxygen atoms in total. The second-order valence-electron chi connectivity index (χ2n) is 11.8. The number of terminal acetylenes is 1. The van der Waals surface area contributed by atoms with Crippen LogP contribution in [0.3, 0.4) is 0 Å². The topological polar surface area (TPSA) is 117 Å². The number of amides is 1. The lowest BCUT2D eigenvalue weighted by atomic mass is 9.83. The Bertz CT molecular complexity index is 1040. The first-order valence-electron chi connectivity index (χ1n) is 15.7. The summed E-state index contributed by atoms with van der Waals surface area (Å²) in [5, 5.41) is 22.9. The largest absolute Gasteiger partial charge is 0.393 e. The molecule has 2 aliphatic rings. The molecule has 0 radical (unpaired) electrons. The molecule has 3 rings (SSSR count). The van der Waals surface area contributed by atoms with E-state index < -0.39 is 17.8 Å². The number of aliphatic imine (C=N–C) groups is 1. The summed E-state index contributed by atoms with van der Waals surface area (Å²) in [5.74, 6) is 2.08. The van der Waals surface area contributed by atoms with Crippen molar-refractivity contribution in [3.8, 4) is 12.3 Å². The number of halogens is 1. The van der Waals surface area contributed by atoms with Gasteiger partial charge in [-0.2, -0.15) is 9.37 Å². The molecule has 228 valence electrons. The van der Waals surface area contributed by atoms with Gasteiger partial charge in [-0.05, 0) is 44.9 Å². The van der Waals surface area contributed by atoms with Crippen LogP contribution in [-0.4, -0.2) is 56.7 Å².